The molecule has 0 fully saturated rings. The van der Waals surface area contributed by atoms with Crippen LogP contribution in [0.3, 0.4) is 0 Å². The highest BCUT2D eigenvalue weighted by atomic mass is 32.2. The standard InChI is InChI=1S/C14H21NO5S/c1-3-5-6-9-20-14(16)11-7-8-12(19-4-2)13(10-11)21(15,17)18/h7-8,10H,3-6,9H2,1-2H3,(H2,15,17,18). The molecule has 0 saturated heterocycles. The van der Waals surface area contributed by atoms with Gasteiger partial charge in [0, 0.05) is 0 Å². The van der Waals surface area contributed by atoms with Gasteiger partial charge in [-0.3, -0.25) is 0 Å². The van der Waals surface area contributed by atoms with Gasteiger partial charge in [-0.2, -0.15) is 0 Å². The van der Waals surface area contributed by atoms with Crippen LogP contribution >= 0.6 is 0 Å². The Morgan fingerprint density at radius 3 is 2.52 bits per heavy atom. The number of hydrogen-bond acceptors (Lipinski definition) is 5. The maximum Gasteiger partial charge on any atom is 0.338 e. The van der Waals surface area contributed by atoms with E-state index in [9.17, 15) is 13.2 Å². The molecule has 0 bridgehead atoms. The molecule has 0 aromatic heterocycles. The summed E-state index contributed by atoms with van der Waals surface area (Å²) in [5.41, 5.74) is 0.138. The molecular formula is C14H21NO5S. The van der Waals surface area contributed by atoms with Crippen LogP contribution in [-0.4, -0.2) is 27.6 Å². The van der Waals surface area contributed by atoms with Crippen LogP contribution in [-0.2, 0) is 14.8 Å². The number of rotatable bonds is 8. The van der Waals surface area contributed by atoms with Crippen molar-refractivity contribution < 1.29 is 22.7 Å². The first-order valence-corrected chi connectivity index (χ1v) is 8.41. The first-order valence-electron chi connectivity index (χ1n) is 6.87. The van der Waals surface area contributed by atoms with Crippen LogP contribution in [0.2, 0.25) is 0 Å². The molecule has 0 radical (unpaired) electrons. The Kier molecular flexibility index (Phi) is 6.64. The molecule has 7 heteroatoms. The molecule has 21 heavy (non-hydrogen) atoms. The Morgan fingerprint density at radius 2 is 1.95 bits per heavy atom. The van der Waals surface area contributed by atoms with E-state index in [-0.39, 0.29) is 16.2 Å². The Labute approximate surface area is 125 Å². The first-order chi connectivity index (χ1) is 9.90. The third kappa shape index (κ3) is 5.35. The predicted molar refractivity (Wildman–Crippen MR) is 78.8 cm³/mol. The quantitative estimate of drug-likeness (QED) is 0.585. The first kappa shape index (κ1) is 17.5. The lowest BCUT2D eigenvalue weighted by Crippen LogP contribution is -2.15. The number of esters is 1. The third-order valence-corrected chi connectivity index (χ3v) is 3.70. The lowest BCUT2D eigenvalue weighted by molar-refractivity contribution is 0.0498. The van der Waals surface area contributed by atoms with Gasteiger partial charge in [0.05, 0.1) is 18.8 Å². The number of carbonyl (C=O) groups excluding carboxylic acids is 1. The lowest BCUT2D eigenvalue weighted by atomic mass is 10.2. The number of ether oxygens (including phenoxy) is 2. The molecule has 2 N–H and O–H groups in total. The Bertz CT molecular complexity index is 583. The average Bonchev–Trinajstić information content (AvgIpc) is 2.43. The second-order valence-corrected chi connectivity index (χ2v) is 6.01. The van der Waals surface area contributed by atoms with Crippen LogP contribution in [0.25, 0.3) is 0 Å². The van der Waals surface area contributed by atoms with Crippen molar-refractivity contribution in [2.45, 2.75) is 38.0 Å². The number of sulfonamides is 1. The SMILES string of the molecule is CCCCCOC(=O)c1ccc(OCC)c(S(N)(=O)=O)c1. The fourth-order valence-electron chi connectivity index (χ4n) is 1.73. The van der Waals surface area contributed by atoms with Crippen LogP contribution in [0, 0.1) is 0 Å². The molecule has 1 aromatic carbocycles. The third-order valence-electron chi connectivity index (χ3n) is 2.77. The van der Waals surface area contributed by atoms with Gasteiger partial charge in [-0.05, 0) is 31.5 Å². The van der Waals surface area contributed by atoms with Gasteiger partial charge in [-0.15, -0.1) is 0 Å². The summed E-state index contributed by atoms with van der Waals surface area (Å²) < 4.78 is 33.4. The largest absolute Gasteiger partial charge is 0.492 e. The fourth-order valence-corrected chi connectivity index (χ4v) is 2.43. The van der Waals surface area contributed by atoms with Crippen LogP contribution in [0.15, 0.2) is 23.1 Å². The minimum atomic E-state index is -3.97. The molecule has 0 heterocycles. The number of nitrogens with two attached hydrogens (primary N) is 1. The minimum Gasteiger partial charge on any atom is -0.492 e. The van der Waals surface area contributed by atoms with E-state index in [4.69, 9.17) is 14.6 Å². The molecule has 0 unspecified atom stereocenters. The number of primary sulfonamides is 1. The second-order valence-electron chi connectivity index (χ2n) is 4.48. The molecule has 0 saturated carbocycles. The topological polar surface area (TPSA) is 95.7 Å². The van der Waals surface area contributed by atoms with Crippen LogP contribution in [0.4, 0.5) is 0 Å². The molecule has 0 aliphatic heterocycles. The van der Waals surface area contributed by atoms with Gasteiger partial charge in [-0.1, -0.05) is 19.8 Å². The van der Waals surface area contributed by atoms with E-state index in [0.29, 0.717) is 13.2 Å². The molecule has 0 atom stereocenters. The molecular weight excluding hydrogens is 294 g/mol. The maximum absolute atomic E-state index is 11.9. The van der Waals surface area contributed by atoms with Crippen LogP contribution in [0.1, 0.15) is 43.5 Å². The molecule has 0 amide bonds. The summed E-state index contributed by atoms with van der Waals surface area (Å²) in [6, 6.07) is 4.05. The van der Waals surface area contributed by atoms with Gasteiger partial charge >= 0.3 is 5.97 Å². The zero-order valence-electron chi connectivity index (χ0n) is 12.3. The van der Waals surface area contributed by atoms with E-state index in [1.165, 1.54) is 18.2 Å². The highest BCUT2D eigenvalue weighted by molar-refractivity contribution is 7.89. The number of carbonyl (C=O) groups is 1. The van der Waals surface area contributed by atoms with Gasteiger partial charge in [0.1, 0.15) is 10.6 Å². The van der Waals surface area contributed by atoms with Crippen molar-refractivity contribution >= 4 is 16.0 Å². The summed E-state index contributed by atoms with van der Waals surface area (Å²) in [5.74, 6) is -0.443. The molecule has 0 spiro atoms. The Balaban J connectivity index is 2.92. The lowest BCUT2D eigenvalue weighted by Gasteiger charge is -2.10. The van der Waals surface area contributed by atoms with Crippen molar-refractivity contribution in [1.29, 1.82) is 0 Å². The highest BCUT2D eigenvalue weighted by Gasteiger charge is 2.19. The van der Waals surface area contributed by atoms with E-state index in [1.54, 1.807) is 6.92 Å². The van der Waals surface area contributed by atoms with E-state index in [1.807, 2.05) is 6.92 Å². The average molecular weight is 315 g/mol. The van der Waals surface area contributed by atoms with Crippen LogP contribution < -0.4 is 9.88 Å². The fraction of sp³-hybridized carbons (Fsp3) is 0.500. The van der Waals surface area contributed by atoms with Gasteiger partial charge in [0.25, 0.3) is 0 Å². The molecule has 118 valence electrons. The number of benzene rings is 1. The molecule has 6 nitrogen and oxygen atoms in total. The summed E-state index contributed by atoms with van der Waals surface area (Å²) in [5, 5.41) is 5.14. The number of hydrogen-bond donors (Lipinski definition) is 1. The van der Waals surface area contributed by atoms with Crippen molar-refractivity contribution in [3.63, 3.8) is 0 Å². The zero-order chi connectivity index (χ0) is 15.9. The molecule has 0 aliphatic rings. The summed E-state index contributed by atoms with van der Waals surface area (Å²) >= 11 is 0. The summed E-state index contributed by atoms with van der Waals surface area (Å²) in [6.07, 6.45) is 2.77. The van der Waals surface area contributed by atoms with Crippen molar-refractivity contribution in [2.24, 2.45) is 5.14 Å². The number of unbranched alkanes of at least 4 members (excludes halogenated alkanes) is 2. The summed E-state index contributed by atoms with van der Waals surface area (Å²) in [6.45, 7) is 4.38. The van der Waals surface area contributed by atoms with Crippen LogP contribution in [0.5, 0.6) is 5.75 Å². The maximum atomic E-state index is 11.9. The van der Waals surface area contributed by atoms with Gasteiger partial charge < -0.3 is 9.47 Å². The monoisotopic (exact) mass is 315 g/mol. The van der Waals surface area contributed by atoms with Gasteiger partial charge in [0.2, 0.25) is 10.0 Å². The van der Waals surface area contributed by atoms with Crippen molar-refractivity contribution in [2.75, 3.05) is 13.2 Å². The summed E-state index contributed by atoms with van der Waals surface area (Å²) in [4.78, 5) is 11.6. The van der Waals surface area contributed by atoms with E-state index >= 15 is 0 Å². The zero-order valence-corrected chi connectivity index (χ0v) is 13.1. The van der Waals surface area contributed by atoms with Gasteiger partial charge in [-0.25, -0.2) is 18.4 Å². The minimum absolute atomic E-state index is 0.127. The summed E-state index contributed by atoms with van der Waals surface area (Å²) in [7, 11) is -3.97. The predicted octanol–water partition coefficient (Wildman–Crippen LogP) is 2.08. The Morgan fingerprint density at radius 1 is 1.24 bits per heavy atom. The smallest absolute Gasteiger partial charge is 0.338 e. The molecule has 0 aliphatic carbocycles. The Hall–Kier alpha value is -1.60. The van der Waals surface area contributed by atoms with Gasteiger partial charge in [0.15, 0.2) is 0 Å². The van der Waals surface area contributed by atoms with E-state index in [2.05, 4.69) is 0 Å². The highest BCUT2D eigenvalue weighted by Crippen LogP contribution is 2.24. The van der Waals surface area contributed by atoms with Crippen molar-refractivity contribution in [1.82, 2.24) is 0 Å². The van der Waals surface area contributed by atoms with Crippen molar-refractivity contribution in [3.8, 4) is 5.75 Å². The van der Waals surface area contributed by atoms with Crippen molar-refractivity contribution in [3.05, 3.63) is 23.8 Å². The second kappa shape index (κ2) is 7.99. The van der Waals surface area contributed by atoms with E-state index < -0.39 is 16.0 Å². The molecule has 1 rings (SSSR count). The van der Waals surface area contributed by atoms with E-state index in [0.717, 1.165) is 19.3 Å². The molecule has 1 aromatic rings. The normalized spacial score (nSPS) is 11.2.